The van der Waals surface area contributed by atoms with Gasteiger partial charge in [-0.1, -0.05) is 20.8 Å². The fraction of sp³-hybridized carbons (Fsp3) is 0.800. The molecule has 6 heteroatoms. The van der Waals surface area contributed by atoms with E-state index in [1.54, 1.807) is 0 Å². The molecule has 0 bridgehead atoms. The Morgan fingerprint density at radius 3 is 2.24 bits per heavy atom. The first-order valence-electron chi connectivity index (χ1n) is 7.54. The molecular weight excluding hydrogens is 266 g/mol. The summed E-state index contributed by atoms with van der Waals surface area (Å²) in [6.45, 7) is 15.4. The second kappa shape index (κ2) is 6.91. The molecule has 0 aromatic carbocycles. The quantitative estimate of drug-likeness (QED) is 0.870. The minimum atomic E-state index is 0.0278. The minimum Gasteiger partial charge on any atom is -0.461 e. The van der Waals surface area contributed by atoms with E-state index in [0.29, 0.717) is 17.9 Å². The molecule has 120 valence electrons. The van der Waals surface area contributed by atoms with Crippen LogP contribution in [-0.4, -0.2) is 40.7 Å². The van der Waals surface area contributed by atoms with Crippen LogP contribution in [0.1, 0.15) is 48.5 Å². The molecule has 0 saturated heterocycles. The van der Waals surface area contributed by atoms with E-state index in [0.717, 1.165) is 6.54 Å². The van der Waals surface area contributed by atoms with Crippen LogP contribution in [0.5, 0.6) is 6.01 Å². The molecular formula is C15H29N5O. The average Bonchev–Trinajstić information content (AvgIpc) is 2.35. The Kier molecular flexibility index (Phi) is 5.75. The normalized spacial score (nSPS) is 13.2. The van der Waals surface area contributed by atoms with Crippen molar-refractivity contribution >= 4 is 11.9 Å². The molecule has 1 aromatic heterocycles. The van der Waals surface area contributed by atoms with E-state index in [-0.39, 0.29) is 17.6 Å². The van der Waals surface area contributed by atoms with Crippen molar-refractivity contribution in [1.29, 1.82) is 0 Å². The van der Waals surface area contributed by atoms with Crippen LogP contribution in [0.2, 0.25) is 0 Å². The first-order valence-corrected chi connectivity index (χ1v) is 7.54. The van der Waals surface area contributed by atoms with Gasteiger partial charge in [-0.3, -0.25) is 0 Å². The second-order valence-corrected chi connectivity index (χ2v) is 6.59. The molecule has 0 saturated carbocycles. The van der Waals surface area contributed by atoms with Crippen LogP contribution >= 0.6 is 0 Å². The Labute approximate surface area is 128 Å². The first-order chi connectivity index (χ1) is 9.65. The van der Waals surface area contributed by atoms with Gasteiger partial charge in [-0.05, 0) is 33.1 Å². The van der Waals surface area contributed by atoms with Gasteiger partial charge in [0.25, 0.3) is 0 Å². The van der Waals surface area contributed by atoms with Crippen molar-refractivity contribution in [3.05, 3.63) is 0 Å². The highest BCUT2D eigenvalue weighted by molar-refractivity contribution is 5.38. The van der Waals surface area contributed by atoms with Gasteiger partial charge in [0.15, 0.2) is 0 Å². The van der Waals surface area contributed by atoms with Gasteiger partial charge in [-0.25, -0.2) is 0 Å². The molecule has 1 aromatic rings. The van der Waals surface area contributed by atoms with Crippen molar-refractivity contribution in [3.8, 4) is 6.01 Å². The summed E-state index contributed by atoms with van der Waals surface area (Å²) >= 11 is 0. The lowest BCUT2D eigenvalue weighted by atomic mass is 9.87. The number of rotatable bonds is 6. The van der Waals surface area contributed by atoms with Crippen LogP contribution in [0.15, 0.2) is 0 Å². The summed E-state index contributed by atoms with van der Waals surface area (Å²) in [6, 6.07) is 0.639. The van der Waals surface area contributed by atoms with E-state index >= 15 is 0 Å². The van der Waals surface area contributed by atoms with Crippen LogP contribution in [0, 0.1) is 5.41 Å². The predicted molar refractivity (Wildman–Crippen MR) is 87.1 cm³/mol. The standard InChI is InChI=1S/C15H29N5O/c1-9-16-12-17-13(19-14(18-12)21-10(2)3)20(8)11(4)15(5,6)7/h10-11H,9H2,1-8H3,(H,16,17,18,19). The molecule has 0 aliphatic rings. The van der Waals surface area contributed by atoms with E-state index < -0.39 is 0 Å². The third-order valence-corrected chi connectivity index (χ3v) is 3.43. The summed E-state index contributed by atoms with van der Waals surface area (Å²) in [5.41, 5.74) is 0.124. The fourth-order valence-electron chi connectivity index (χ4n) is 1.76. The van der Waals surface area contributed by atoms with Gasteiger partial charge >= 0.3 is 6.01 Å². The zero-order valence-corrected chi connectivity index (χ0v) is 14.6. The largest absolute Gasteiger partial charge is 0.461 e. The Balaban J connectivity index is 3.12. The molecule has 0 radical (unpaired) electrons. The topological polar surface area (TPSA) is 63.2 Å². The van der Waals surface area contributed by atoms with E-state index in [4.69, 9.17) is 4.74 Å². The van der Waals surface area contributed by atoms with Crippen LogP contribution < -0.4 is 15.0 Å². The zero-order chi connectivity index (χ0) is 16.2. The second-order valence-electron chi connectivity index (χ2n) is 6.59. The van der Waals surface area contributed by atoms with E-state index in [2.05, 4.69) is 52.9 Å². The van der Waals surface area contributed by atoms with Crippen LogP contribution in [0.4, 0.5) is 11.9 Å². The molecule has 1 N–H and O–H groups in total. The lowest BCUT2D eigenvalue weighted by Crippen LogP contribution is -2.40. The van der Waals surface area contributed by atoms with Gasteiger partial charge in [0.2, 0.25) is 11.9 Å². The lowest BCUT2D eigenvalue weighted by molar-refractivity contribution is 0.221. The maximum atomic E-state index is 5.63. The monoisotopic (exact) mass is 295 g/mol. The van der Waals surface area contributed by atoms with Crippen LogP contribution in [0.3, 0.4) is 0 Å². The molecule has 6 nitrogen and oxygen atoms in total. The highest BCUT2D eigenvalue weighted by atomic mass is 16.5. The van der Waals surface area contributed by atoms with Gasteiger partial charge < -0.3 is 15.0 Å². The number of aromatic nitrogens is 3. The summed E-state index contributed by atoms with van der Waals surface area (Å²) in [5.74, 6) is 1.17. The van der Waals surface area contributed by atoms with Crippen molar-refractivity contribution in [1.82, 2.24) is 15.0 Å². The van der Waals surface area contributed by atoms with Gasteiger partial charge in [0.1, 0.15) is 0 Å². The molecule has 1 heterocycles. The molecule has 1 rings (SSSR count). The molecule has 0 fully saturated rings. The van der Waals surface area contributed by atoms with Crippen LogP contribution in [0.25, 0.3) is 0 Å². The molecule has 1 unspecified atom stereocenters. The van der Waals surface area contributed by atoms with Crippen molar-refractivity contribution in [2.24, 2.45) is 5.41 Å². The van der Waals surface area contributed by atoms with Gasteiger partial charge in [0, 0.05) is 19.6 Å². The third-order valence-electron chi connectivity index (χ3n) is 3.43. The third kappa shape index (κ3) is 5.02. The van der Waals surface area contributed by atoms with E-state index in [1.165, 1.54) is 0 Å². The Morgan fingerprint density at radius 1 is 1.14 bits per heavy atom. The molecule has 0 spiro atoms. The Morgan fingerprint density at radius 2 is 1.76 bits per heavy atom. The molecule has 21 heavy (non-hydrogen) atoms. The molecule has 1 atom stereocenters. The summed E-state index contributed by atoms with van der Waals surface area (Å²) in [7, 11) is 2.00. The van der Waals surface area contributed by atoms with Crippen molar-refractivity contribution < 1.29 is 4.74 Å². The van der Waals surface area contributed by atoms with Gasteiger partial charge in [0.05, 0.1) is 6.10 Å². The number of hydrogen-bond donors (Lipinski definition) is 1. The summed E-state index contributed by atoms with van der Waals surface area (Å²) in [5, 5.41) is 3.13. The smallest absolute Gasteiger partial charge is 0.323 e. The molecule has 0 amide bonds. The van der Waals surface area contributed by atoms with Crippen molar-refractivity contribution in [2.75, 3.05) is 23.8 Å². The van der Waals surface area contributed by atoms with Gasteiger partial charge in [-0.2, -0.15) is 15.0 Å². The van der Waals surface area contributed by atoms with Crippen molar-refractivity contribution in [2.45, 2.75) is 60.6 Å². The number of anilines is 2. The summed E-state index contributed by atoms with van der Waals surface area (Å²) in [4.78, 5) is 15.3. The Bertz CT molecular complexity index is 456. The molecule has 0 aliphatic heterocycles. The van der Waals surface area contributed by atoms with E-state index in [1.807, 2.05) is 27.8 Å². The number of hydrogen-bond acceptors (Lipinski definition) is 6. The predicted octanol–water partition coefficient (Wildman–Crippen LogP) is 2.96. The maximum absolute atomic E-state index is 5.63. The Hall–Kier alpha value is -1.59. The zero-order valence-electron chi connectivity index (χ0n) is 14.6. The summed E-state index contributed by atoms with van der Waals surface area (Å²) < 4.78 is 5.63. The highest BCUT2D eigenvalue weighted by Crippen LogP contribution is 2.26. The van der Waals surface area contributed by atoms with E-state index in [9.17, 15) is 0 Å². The lowest BCUT2D eigenvalue weighted by Gasteiger charge is -2.35. The maximum Gasteiger partial charge on any atom is 0.323 e. The first kappa shape index (κ1) is 17.5. The SMILES string of the molecule is CCNc1nc(OC(C)C)nc(N(C)C(C)C(C)(C)C)n1. The van der Waals surface area contributed by atoms with Crippen molar-refractivity contribution in [3.63, 3.8) is 0 Å². The van der Waals surface area contributed by atoms with Crippen LogP contribution in [-0.2, 0) is 0 Å². The number of ether oxygens (including phenoxy) is 1. The summed E-state index contributed by atoms with van der Waals surface area (Å²) in [6.07, 6.45) is 0.0278. The fourth-order valence-corrected chi connectivity index (χ4v) is 1.76. The average molecular weight is 295 g/mol. The highest BCUT2D eigenvalue weighted by Gasteiger charge is 2.26. The molecule has 0 aliphatic carbocycles. The number of nitrogens with one attached hydrogen (secondary N) is 1. The number of nitrogens with zero attached hydrogens (tertiary/aromatic N) is 4. The van der Waals surface area contributed by atoms with Gasteiger partial charge in [-0.15, -0.1) is 0 Å². The minimum absolute atomic E-state index is 0.0278.